The molecule has 2 aromatic rings. The third kappa shape index (κ3) is 6.79. The van der Waals surface area contributed by atoms with Gasteiger partial charge in [0.1, 0.15) is 5.82 Å². The first-order chi connectivity index (χ1) is 14.0. The quantitative estimate of drug-likeness (QED) is 0.285. The molecule has 1 saturated carbocycles. The van der Waals surface area contributed by atoms with Crippen LogP contribution in [0.2, 0.25) is 0 Å². The van der Waals surface area contributed by atoms with E-state index in [2.05, 4.69) is 31.2 Å². The molecular weight excluding hydrogens is 445 g/mol. The first-order valence-electron chi connectivity index (χ1n) is 9.52. The van der Waals surface area contributed by atoms with E-state index in [1.807, 2.05) is 25.1 Å². The number of halogens is 2. The van der Waals surface area contributed by atoms with Gasteiger partial charge in [0.05, 0.1) is 31.8 Å². The number of benzene rings is 1. The number of hydroxylamine groups is 2. The van der Waals surface area contributed by atoms with Crippen LogP contribution in [0, 0.1) is 6.92 Å². The minimum absolute atomic E-state index is 0. The number of hydrogen-bond acceptors (Lipinski definition) is 7. The number of fused-ring (bicyclic) bond motifs is 1. The first kappa shape index (κ1) is 26.6. The Labute approximate surface area is 193 Å². The third-order valence-electron chi connectivity index (χ3n) is 4.81. The van der Waals surface area contributed by atoms with E-state index in [0.29, 0.717) is 11.3 Å². The number of rotatable bonds is 6. The Balaban J connectivity index is 0.00000240. The van der Waals surface area contributed by atoms with Crippen LogP contribution >= 0.6 is 24.8 Å². The molecule has 1 aromatic carbocycles. The van der Waals surface area contributed by atoms with E-state index in [4.69, 9.17) is 15.4 Å². The van der Waals surface area contributed by atoms with Crippen molar-refractivity contribution in [3.8, 4) is 0 Å². The van der Waals surface area contributed by atoms with Crippen molar-refractivity contribution in [2.75, 3.05) is 19.5 Å². The molecule has 1 aliphatic rings. The van der Waals surface area contributed by atoms with Crippen molar-refractivity contribution in [2.45, 2.75) is 44.7 Å². The largest absolute Gasteiger partial charge is 0.368 e. The number of nitrogens with one attached hydrogen (secondary N) is 3. The highest BCUT2D eigenvalue weighted by atomic mass is 35.5. The van der Waals surface area contributed by atoms with Crippen LogP contribution in [-0.4, -0.2) is 48.1 Å². The number of aromatic nitrogens is 2. The summed E-state index contributed by atoms with van der Waals surface area (Å²) in [5.74, 6) is 0.340. The molecular formula is C19H29Cl2N7O3. The van der Waals surface area contributed by atoms with Crippen molar-refractivity contribution in [1.29, 1.82) is 0 Å². The fourth-order valence-electron chi connectivity index (χ4n) is 3.51. The van der Waals surface area contributed by atoms with Crippen LogP contribution in [-0.2, 0) is 9.68 Å². The number of carbonyl (C=O) groups is 1. The second-order valence-electron chi connectivity index (χ2n) is 6.97. The van der Waals surface area contributed by atoms with Crippen molar-refractivity contribution >= 4 is 53.4 Å². The van der Waals surface area contributed by atoms with Gasteiger partial charge in [0.2, 0.25) is 11.8 Å². The van der Waals surface area contributed by atoms with Gasteiger partial charge in [-0.05, 0) is 31.9 Å². The third-order valence-corrected chi connectivity index (χ3v) is 4.81. The molecule has 1 aliphatic carbocycles. The number of amides is 1. The number of aryl methyl sites for hydroxylation is 1. The lowest BCUT2D eigenvalue weighted by Crippen LogP contribution is -2.40. The molecule has 3 rings (SSSR count). The van der Waals surface area contributed by atoms with Gasteiger partial charge in [-0.15, -0.1) is 24.8 Å². The summed E-state index contributed by atoms with van der Waals surface area (Å²) in [5, 5.41) is 4.33. The number of nitrogens with zero attached hydrogens (tertiary/aromatic N) is 3. The van der Waals surface area contributed by atoms with Crippen molar-refractivity contribution < 1.29 is 14.5 Å². The smallest absolute Gasteiger partial charge is 0.312 e. The topological polar surface area (TPSA) is 136 Å². The van der Waals surface area contributed by atoms with E-state index >= 15 is 0 Å². The van der Waals surface area contributed by atoms with Gasteiger partial charge in [0.25, 0.3) is 0 Å². The lowest BCUT2D eigenvalue weighted by Gasteiger charge is -2.30. The molecule has 1 fully saturated rings. The van der Waals surface area contributed by atoms with Crippen LogP contribution in [0.4, 0.5) is 5.82 Å². The Hall–Kier alpha value is -2.40. The minimum Gasteiger partial charge on any atom is -0.368 e. The number of aliphatic imine (C=N–C) groups is 1. The lowest BCUT2D eigenvalue weighted by atomic mass is 9.90. The summed E-state index contributed by atoms with van der Waals surface area (Å²) >= 11 is 0. The summed E-state index contributed by atoms with van der Waals surface area (Å²) in [6, 6.07) is 5.79. The van der Waals surface area contributed by atoms with Crippen molar-refractivity contribution in [3.05, 3.63) is 29.6 Å². The zero-order valence-electron chi connectivity index (χ0n) is 17.7. The number of nitrogens with two attached hydrogens (primary N) is 1. The Bertz CT molecular complexity index is 913. The number of hydrogen-bond donors (Lipinski definition) is 4. The standard InChI is InChI=1S/C19H27N7O3.2ClH/c1-11-8-9-13-12(10-11)16(24-17(21-13)18(27)25-28-2)22-14-6-4-5-7-15(14)23-19(20)26-29-3;;/h8-10,14-15H,4-7H2,1-3H3,(H,25,27)(H3,20,23,26)(H,21,22,24);2*1H/t14-,15+;;/m0../s1. The second kappa shape index (κ2) is 12.5. The monoisotopic (exact) mass is 473 g/mol. The highest BCUT2D eigenvalue weighted by Gasteiger charge is 2.26. The Morgan fingerprint density at radius 3 is 2.55 bits per heavy atom. The molecule has 1 amide bonds. The Kier molecular flexibility index (Phi) is 10.7. The molecule has 0 aliphatic heterocycles. The molecule has 0 spiro atoms. The predicted molar refractivity (Wildman–Crippen MR) is 125 cm³/mol. The summed E-state index contributed by atoms with van der Waals surface area (Å²) in [4.78, 5) is 35.2. The van der Waals surface area contributed by atoms with Crippen molar-refractivity contribution in [1.82, 2.24) is 20.9 Å². The van der Waals surface area contributed by atoms with Gasteiger partial charge in [0, 0.05) is 5.39 Å². The Morgan fingerprint density at radius 2 is 1.84 bits per heavy atom. The van der Waals surface area contributed by atoms with Crippen LogP contribution in [0.1, 0.15) is 41.9 Å². The molecule has 1 heterocycles. The van der Waals surface area contributed by atoms with E-state index in [1.54, 1.807) is 0 Å². The summed E-state index contributed by atoms with van der Waals surface area (Å²) in [7, 11) is 2.85. The maximum atomic E-state index is 12.2. The minimum atomic E-state index is -0.509. The zero-order valence-corrected chi connectivity index (χ0v) is 19.3. The van der Waals surface area contributed by atoms with Gasteiger partial charge in [-0.1, -0.05) is 24.5 Å². The average Bonchev–Trinajstić information content (AvgIpc) is 2.70. The van der Waals surface area contributed by atoms with Crippen LogP contribution in [0.5, 0.6) is 0 Å². The second-order valence-corrected chi connectivity index (χ2v) is 6.97. The van der Waals surface area contributed by atoms with Gasteiger partial charge in [-0.2, -0.15) is 0 Å². The number of anilines is 1. The van der Waals surface area contributed by atoms with Crippen LogP contribution in [0.25, 0.3) is 10.9 Å². The molecule has 2 atom stereocenters. The molecule has 172 valence electrons. The molecule has 5 N–H and O–H groups in total. The van der Waals surface area contributed by atoms with E-state index in [9.17, 15) is 4.79 Å². The SMILES string of the molecule is CONC(=O)c1nc(N[C@H]2CCCC[C@H]2N=C(N)NOC)c2cc(C)ccc2n1.Cl.Cl. The molecule has 1 aromatic heterocycles. The highest BCUT2D eigenvalue weighted by Crippen LogP contribution is 2.28. The van der Waals surface area contributed by atoms with Crippen LogP contribution in [0.3, 0.4) is 0 Å². The van der Waals surface area contributed by atoms with Gasteiger partial charge in [-0.3, -0.25) is 14.5 Å². The van der Waals surface area contributed by atoms with Crippen molar-refractivity contribution in [3.63, 3.8) is 0 Å². The Morgan fingerprint density at radius 1 is 1.13 bits per heavy atom. The van der Waals surface area contributed by atoms with Gasteiger partial charge >= 0.3 is 5.91 Å². The summed E-state index contributed by atoms with van der Waals surface area (Å²) in [6.45, 7) is 2.00. The molecule has 31 heavy (non-hydrogen) atoms. The summed E-state index contributed by atoms with van der Waals surface area (Å²) < 4.78 is 0. The van der Waals surface area contributed by atoms with Crippen molar-refractivity contribution in [2.24, 2.45) is 10.7 Å². The first-order valence-corrected chi connectivity index (χ1v) is 9.52. The lowest BCUT2D eigenvalue weighted by molar-refractivity contribution is 0.0527. The van der Waals surface area contributed by atoms with E-state index in [1.165, 1.54) is 14.2 Å². The van der Waals surface area contributed by atoms with E-state index in [-0.39, 0.29) is 48.7 Å². The molecule has 12 heteroatoms. The van der Waals surface area contributed by atoms with Gasteiger partial charge in [0.15, 0.2) is 0 Å². The fraction of sp³-hybridized carbons (Fsp3) is 0.474. The highest BCUT2D eigenvalue weighted by molar-refractivity contribution is 5.96. The summed E-state index contributed by atoms with van der Waals surface area (Å²) in [5.41, 5.74) is 12.4. The molecule has 0 saturated heterocycles. The van der Waals surface area contributed by atoms with E-state index < -0.39 is 5.91 Å². The number of carbonyl (C=O) groups excluding carboxylic acids is 1. The average molecular weight is 474 g/mol. The zero-order chi connectivity index (χ0) is 20.8. The van der Waals surface area contributed by atoms with Gasteiger partial charge in [-0.25, -0.2) is 25.9 Å². The maximum Gasteiger partial charge on any atom is 0.312 e. The summed E-state index contributed by atoms with van der Waals surface area (Å²) in [6.07, 6.45) is 3.94. The van der Waals surface area contributed by atoms with Crippen LogP contribution in [0.15, 0.2) is 23.2 Å². The number of guanidine groups is 1. The fourth-order valence-corrected chi connectivity index (χ4v) is 3.51. The van der Waals surface area contributed by atoms with E-state index in [0.717, 1.165) is 36.6 Å². The normalized spacial score (nSPS) is 18.5. The molecule has 0 unspecified atom stereocenters. The van der Waals surface area contributed by atoms with Crippen LogP contribution < -0.4 is 22.0 Å². The predicted octanol–water partition coefficient (Wildman–Crippen LogP) is 2.26. The molecule has 0 bridgehead atoms. The molecule has 0 radical (unpaired) electrons. The molecule has 10 nitrogen and oxygen atoms in total. The maximum absolute atomic E-state index is 12.2. The van der Waals surface area contributed by atoms with Gasteiger partial charge < -0.3 is 11.1 Å².